The molecule has 7 amide bonds. The van der Waals surface area contributed by atoms with E-state index in [0.29, 0.717) is 41.6 Å². The number of benzene rings is 5. The molecule has 2 aliphatic rings. The minimum Gasteiger partial charge on any atom is -0.504 e. The van der Waals surface area contributed by atoms with Gasteiger partial charge in [0, 0.05) is 42.7 Å². The summed E-state index contributed by atoms with van der Waals surface area (Å²) in [6, 6.07) is 28.9. The van der Waals surface area contributed by atoms with Gasteiger partial charge >= 0.3 is 18.2 Å². The molecule has 8 rings (SSSR count). The molecular weight excluding hydrogens is 1240 g/mol. The number of amides is 7. The first kappa shape index (κ1) is 70.7. The highest BCUT2D eigenvalue weighted by Crippen LogP contribution is 2.43. The number of aromatic amines is 1. The molecule has 0 radical (unpaired) electrons. The molecule has 0 spiro atoms. The first-order valence-corrected chi connectivity index (χ1v) is 32.9. The minimum atomic E-state index is -4.12. The van der Waals surface area contributed by atoms with Crippen LogP contribution in [-0.2, 0) is 72.6 Å². The van der Waals surface area contributed by atoms with Gasteiger partial charge in [0.2, 0.25) is 35.5 Å². The Balaban J connectivity index is 0.961. The van der Waals surface area contributed by atoms with Gasteiger partial charge in [-0.3, -0.25) is 33.9 Å². The number of sulfonamides is 1. The second-order valence-electron chi connectivity index (χ2n) is 24.2. The van der Waals surface area contributed by atoms with Gasteiger partial charge in [-0.2, -0.15) is 0 Å². The zero-order chi connectivity index (χ0) is 68.4. The summed E-state index contributed by atoms with van der Waals surface area (Å²) < 4.78 is 50.8. The average Bonchev–Trinajstić information content (AvgIpc) is 1.66. The molecule has 1 aromatic heterocycles. The molecule has 0 aliphatic carbocycles. The molecule has 6 aromatic rings. The third-order valence-corrected chi connectivity index (χ3v) is 17.3. The van der Waals surface area contributed by atoms with Crippen molar-refractivity contribution in [3.05, 3.63) is 161 Å². The molecule has 0 unspecified atom stereocenters. The SMILES string of the molecule is COc1cc([C@@H]2c3[nH]c4ccccc4c3C[C@@H](C(=O)NCC(=O)N[C@@H](CCCN=C(N)NS(=O)(=O)c3ccc(C)cc3)C(=O)N3CCC[C@H]3C(=O)N[C@@H](C)C(=O)N[C@@H](CCCCNC(=O)OCc3ccccc3)C(=O)OCc3ccccc3)N2C(=O)OC(C)(C)C)ccc1O. The van der Waals surface area contributed by atoms with Crippen LogP contribution in [0.4, 0.5) is 9.59 Å². The summed E-state index contributed by atoms with van der Waals surface area (Å²) in [4.78, 5) is 123. The van der Waals surface area contributed by atoms with Crippen LogP contribution in [0.2, 0.25) is 0 Å². The van der Waals surface area contributed by atoms with Gasteiger partial charge in [0.1, 0.15) is 55.1 Å². The van der Waals surface area contributed by atoms with E-state index >= 15 is 0 Å². The van der Waals surface area contributed by atoms with Gasteiger partial charge in [0.15, 0.2) is 11.5 Å². The van der Waals surface area contributed by atoms with Gasteiger partial charge < -0.3 is 66.3 Å². The van der Waals surface area contributed by atoms with Crippen molar-refractivity contribution in [3.8, 4) is 11.5 Å². The van der Waals surface area contributed by atoms with Gasteiger partial charge in [-0.25, -0.2) is 27.5 Å². The number of unbranched alkanes of at least 4 members (excludes halogenated alkanes) is 1. The average molecular weight is 1330 g/mol. The Bertz CT molecular complexity index is 3840. The molecule has 3 heterocycles. The van der Waals surface area contributed by atoms with Crippen LogP contribution in [0.3, 0.4) is 0 Å². The standard InChI is InChI=1S/C68H83N11O15S/c1-42-28-31-47(32-29-42)95(89,90)77-65(69)70-35-17-26-51(74-57(81)39-72-61(83)54-38-49-48-23-13-14-24-50(48)75-58(49)59(79(54)67(88)94-68(3,4)5)46-30-33-55(80)56(37-46)91-6)63(85)78-36-18-27-53(78)62(84)73-43(2)60(82)76-52(64(86)92-40-44-19-9-7-10-20-44)25-15-16-34-71-66(87)93-41-45-21-11-8-12-22-45/h7-14,19-24,28-33,37,43,51-54,59,75,80H,15-18,25-27,34-36,38-41H2,1-6H3,(H,71,87)(H,72,83)(H,73,84)(H,74,81)(H,76,82)(H3,69,70,77)/t43-,51-,52-,53-,54-,59+/m0/s1. The summed E-state index contributed by atoms with van der Waals surface area (Å²) in [6.07, 6.45) is -0.208. The van der Waals surface area contributed by atoms with Crippen LogP contribution in [0.1, 0.15) is 112 Å². The van der Waals surface area contributed by atoms with E-state index in [1.807, 2.05) is 60.7 Å². The number of hydrogen-bond acceptors (Lipinski definition) is 16. The van der Waals surface area contributed by atoms with Crippen LogP contribution in [0.25, 0.3) is 10.9 Å². The lowest BCUT2D eigenvalue weighted by molar-refractivity contribution is -0.149. The van der Waals surface area contributed by atoms with Crippen molar-refractivity contribution in [1.29, 1.82) is 0 Å². The summed E-state index contributed by atoms with van der Waals surface area (Å²) in [5, 5.41) is 24.9. The molecule has 0 bridgehead atoms. The van der Waals surface area contributed by atoms with E-state index in [9.17, 15) is 51.9 Å². The Hall–Kier alpha value is -10.2. The number of alkyl carbamates (subject to hydrolysis) is 1. The van der Waals surface area contributed by atoms with Crippen molar-refractivity contribution in [2.75, 3.05) is 33.3 Å². The first-order chi connectivity index (χ1) is 45.4. The molecule has 27 heteroatoms. The van der Waals surface area contributed by atoms with Gasteiger partial charge in [-0.15, -0.1) is 0 Å². The maximum absolute atomic E-state index is 14.9. The number of aromatic nitrogens is 1. The fourth-order valence-electron chi connectivity index (χ4n) is 11.2. The summed E-state index contributed by atoms with van der Waals surface area (Å²) in [6.45, 7) is 7.70. The number of ether oxygens (including phenoxy) is 4. The lowest BCUT2D eigenvalue weighted by atomic mass is 9.87. The number of hydrogen-bond donors (Lipinski definition) is 9. The lowest BCUT2D eigenvalue weighted by Crippen LogP contribution is -2.58. The van der Waals surface area contributed by atoms with Crippen LogP contribution in [0.5, 0.6) is 11.5 Å². The molecule has 0 saturated carbocycles. The largest absolute Gasteiger partial charge is 0.504 e. The number of nitrogens with one attached hydrogen (secondary N) is 7. The van der Waals surface area contributed by atoms with Gasteiger partial charge in [-0.05, 0) is 132 Å². The number of nitrogens with zero attached hydrogens (tertiary/aromatic N) is 3. The predicted molar refractivity (Wildman–Crippen MR) is 352 cm³/mol. The van der Waals surface area contributed by atoms with E-state index < -0.39 is 112 Å². The molecule has 10 N–H and O–H groups in total. The van der Waals surface area contributed by atoms with Crippen molar-refractivity contribution in [2.24, 2.45) is 10.7 Å². The molecule has 5 aromatic carbocycles. The molecule has 26 nitrogen and oxygen atoms in total. The Labute approximate surface area is 551 Å². The van der Waals surface area contributed by atoms with Gasteiger partial charge in [0.25, 0.3) is 10.0 Å². The van der Waals surface area contributed by atoms with Crippen molar-refractivity contribution in [2.45, 2.75) is 146 Å². The number of likely N-dealkylation sites (tertiary alicyclic amines) is 1. The summed E-state index contributed by atoms with van der Waals surface area (Å²) in [7, 11) is -2.74. The third kappa shape index (κ3) is 19.5. The zero-order valence-corrected chi connectivity index (χ0v) is 54.8. The number of aryl methyl sites for hydroxylation is 1. The van der Waals surface area contributed by atoms with Crippen LogP contribution in [0.15, 0.2) is 137 Å². The van der Waals surface area contributed by atoms with Crippen molar-refractivity contribution < 1.29 is 70.8 Å². The van der Waals surface area contributed by atoms with Crippen molar-refractivity contribution in [3.63, 3.8) is 0 Å². The first-order valence-electron chi connectivity index (χ1n) is 31.4. The van der Waals surface area contributed by atoms with Crippen LogP contribution >= 0.6 is 0 Å². The van der Waals surface area contributed by atoms with E-state index in [1.165, 1.54) is 42.0 Å². The number of para-hydroxylation sites is 1. The Morgan fingerprint density at radius 2 is 1.43 bits per heavy atom. The number of nitrogens with two attached hydrogens (primary N) is 1. The molecule has 95 heavy (non-hydrogen) atoms. The quantitative estimate of drug-likeness (QED) is 0.00947. The summed E-state index contributed by atoms with van der Waals surface area (Å²) in [5.41, 5.74) is 9.84. The number of methoxy groups -OCH3 is 1. The van der Waals surface area contributed by atoms with Gasteiger partial charge in [0.05, 0.1) is 18.6 Å². The molecule has 6 atom stereocenters. The van der Waals surface area contributed by atoms with Crippen LogP contribution in [-0.4, -0.2) is 151 Å². The molecule has 506 valence electrons. The number of guanidine groups is 1. The van der Waals surface area contributed by atoms with E-state index in [0.717, 1.165) is 22.0 Å². The van der Waals surface area contributed by atoms with Gasteiger partial charge in [-0.1, -0.05) is 103 Å². The molecule has 1 saturated heterocycles. The highest BCUT2D eigenvalue weighted by Gasteiger charge is 2.46. The number of carbonyl (C=O) groups excluding carboxylic acids is 8. The summed E-state index contributed by atoms with van der Waals surface area (Å²) >= 11 is 0. The maximum atomic E-state index is 14.9. The van der Waals surface area contributed by atoms with Crippen LogP contribution < -0.4 is 41.8 Å². The fourth-order valence-corrected chi connectivity index (χ4v) is 12.1. The van der Waals surface area contributed by atoms with Crippen molar-refractivity contribution >= 4 is 74.6 Å². The number of phenols is 1. The highest BCUT2D eigenvalue weighted by molar-refractivity contribution is 7.90. The number of aliphatic imine (C=N–C) groups is 1. The van der Waals surface area contributed by atoms with E-state index in [-0.39, 0.29) is 81.3 Å². The highest BCUT2D eigenvalue weighted by atomic mass is 32.2. The normalized spacial score (nSPS) is 16.4. The number of fused-ring (bicyclic) bond motifs is 3. The number of H-pyrrole nitrogens is 1. The minimum absolute atomic E-state index is 0.0285. The maximum Gasteiger partial charge on any atom is 0.411 e. The zero-order valence-electron chi connectivity index (χ0n) is 54.0. The molecule has 1 fully saturated rings. The Morgan fingerprint density at radius 1 is 0.768 bits per heavy atom. The number of esters is 1. The molecular formula is C68H83N11O15S. The second-order valence-corrected chi connectivity index (χ2v) is 25.9. The smallest absolute Gasteiger partial charge is 0.411 e. The van der Waals surface area contributed by atoms with Crippen molar-refractivity contribution in [1.82, 2.24) is 46.1 Å². The number of phenolic OH excluding ortho intramolecular Hbond substituents is 1. The third-order valence-electron chi connectivity index (χ3n) is 15.9. The van der Waals surface area contributed by atoms with Crippen LogP contribution in [0, 0.1) is 6.92 Å². The molecule has 2 aliphatic heterocycles. The second kappa shape index (κ2) is 32.6. The van der Waals surface area contributed by atoms with E-state index in [4.69, 9.17) is 24.7 Å². The predicted octanol–water partition coefficient (Wildman–Crippen LogP) is 5.94. The Morgan fingerprint density at radius 3 is 2.12 bits per heavy atom. The topological polar surface area (TPSA) is 361 Å². The van der Waals surface area contributed by atoms with E-state index in [1.54, 1.807) is 76.2 Å². The lowest BCUT2D eigenvalue weighted by Gasteiger charge is -2.41. The Kier molecular flexibility index (Phi) is 24.2. The monoisotopic (exact) mass is 1330 g/mol. The number of carbonyl (C=O) groups is 8. The number of rotatable bonds is 27. The van der Waals surface area contributed by atoms with E-state index in [2.05, 4.69) is 41.3 Å². The number of aromatic hydroxyl groups is 1. The summed E-state index contributed by atoms with van der Waals surface area (Å²) in [5.74, 6) is -4.94. The fraction of sp³-hybridized carbons (Fsp3) is 0.397.